The third-order valence-electron chi connectivity index (χ3n) is 7.06. The molecule has 164 valence electrons. The predicted molar refractivity (Wildman–Crippen MR) is 130 cm³/mol. The molecule has 1 spiro atoms. The van der Waals surface area contributed by atoms with Crippen LogP contribution in [0.1, 0.15) is 27.7 Å². The van der Waals surface area contributed by atoms with Gasteiger partial charge < -0.3 is 10.2 Å². The van der Waals surface area contributed by atoms with Crippen LogP contribution in [0.25, 0.3) is 6.08 Å². The fourth-order valence-electron chi connectivity index (χ4n) is 5.88. The first kappa shape index (κ1) is 20.4. The van der Waals surface area contributed by atoms with Gasteiger partial charge in [0.05, 0.1) is 22.9 Å². The average molecular weight is 475 g/mol. The zero-order valence-electron chi connectivity index (χ0n) is 17.6. The molecule has 6 rings (SSSR count). The number of thiophene rings is 1. The molecular formula is C26H19ClN2O3S. The number of amides is 1. The smallest absolute Gasteiger partial charge is 0.238 e. The summed E-state index contributed by atoms with van der Waals surface area (Å²) < 4.78 is 0. The lowest BCUT2D eigenvalue weighted by atomic mass is 9.65. The first-order valence-electron chi connectivity index (χ1n) is 10.7. The molecule has 3 aliphatic heterocycles. The molecule has 5 nitrogen and oxygen atoms in total. The second-order valence-corrected chi connectivity index (χ2v) is 10.0. The Balaban J connectivity index is 1.67. The van der Waals surface area contributed by atoms with E-state index in [2.05, 4.69) is 5.32 Å². The summed E-state index contributed by atoms with van der Waals surface area (Å²) in [6, 6.07) is 15.2. The number of hydrogen-bond donors (Lipinski definition) is 1. The normalized spacial score (nSPS) is 26.7. The van der Waals surface area contributed by atoms with Crippen LogP contribution in [-0.2, 0) is 15.0 Å². The van der Waals surface area contributed by atoms with Crippen LogP contribution in [0.5, 0.6) is 0 Å². The van der Waals surface area contributed by atoms with E-state index in [1.807, 2.05) is 64.9 Å². The summed E-state index contributed by atoms with van der Waals surface area (Å²) in [5, 5.41) is 5.43. The molecule has 4 atom stereocenters. The van der Waals surface area contributed by atoms with Gasteiger partial charge in [-0.05, 0) is 53.8 Å². The molecule has 0 radical (unpaired) electrons. The quantitative estimate of drug-likeness (QED) is 0.544. The van der Waals surface area contributed by atoms with Crippen LogP contribution in [0.2, 0.25) is 5.02 Å². The highest BCUT2D eigenvalue weighted by Crippen LogP contribution is 2.58. The Morgan fingerprint density at radius 2 is 1.94 bits per heavy atom. The highest BCUT2D eigenvalue weighted by atomic mass is 35.5. The van der Waals surface area contributed by atoms with Gasteiger partial charge in [0.1, 0.15) is 5.41 Å². The summed E-state index contributed by atoms with van der Waals surface area (Å²) >= 11 is 7.57. The van der Waals surface area contributed by atoms with Gasteiger partial charge in [-0.3, -0.25) is 14.4 Å². The van der Waals surface area contributed by atoms with Crippen LogP contribution < -0.4 is 10.2 Å². The first-order valence-corrected chi connectivity index (χ1v) is 12.0. The molecule has 7 heteroatoms. The third kappa shape index (κ3) is 2.62. The molecule has 4 heterocycles. The Bertz CT molecular complexity index is 1370. The highest BCUT2D eigenvalue weighted by Gasteiger charge is 2.69. The fraction of sp³-hybridized carbons (Fsp3) is 0.192. The van der Waals surface area contributed by atoms with Gasteiger partial charge in [0, 0.05) is 16.4 Å². The van der Waals surface area contributed by atoms with Gasteiger partial charge >= 0.3 is 0 Å². The molecule has 0 bridgehead atoms. The van der Waals surface area contributed by atoms with Gasteiger partial charge in [0.25, 0.3) is 0 Å². The van der Waals surface area contributed by atoms with Crippen LogP contribution in [0.4, 0.5) is 11.4 Å². The second-order valence-electron chi connectivity index (χ2n) is 8.66. The number of nitrogens with one attached hydrogen (secondary N) is 1. The molecule has 3 aromatic rings. The molecular weight excluding hydrogens is 456 g/mol. The number of nitrogens with zero attached hydrogens (tertiary/aromatic N) is 1. The van der Waals surface area contributed by atoms with Crippen molar-refractivity contribution in [3.8, 4) is 0 Å². The Kier molecular flexibility index (Phi) is 4.41. The summed E-state index contributed by atoms with van der Waals surface area (Å²) in [5.74, 6) is -1.47. The molecule has 1 fully saturated rings. The lowest BCUT2D eigenvalue weighted by Gasteiger charge is -2.37. The van der Waals surface area contributed by atoms with E-state index in [9.17, 15) is 14.4 Å². The van der Waals surface area contributed by atoms with Crippen molar-refractivity contribution in [3.63, 3.8) is 0 Å². The standard InChI is InChI=1S/C26H19ClN2O3S/c1-14(30)23-22(24(31)20-7-4-12-33-20)26(17-5-2-3-6-18(17)28-25(26)32)21-11-8-15-13-16(27)9-10-19(15)29(21)23/h2-13,21-23H,1H3,(H,28,32)/t21-,22+,23+,26-/m0/s1. The zero-order chi connectivity index (χ0) is 22.9. The summed E-state index contributed by atoms with van der Waals surface area (Å²) in [6.07, 6.45) is 3.88. The van der Waals surface area contributed by atoms with Gasteiger partial charge in [-0.15, -0.1) is 11.3 Å². The van der Waals surface area contributed by atoms with E-state index in [1.54, 1.807) is 12.1 Å². The van der Waals surface area contributed by atoms with Crippen LogP contribution in [0, 0.1) is 5.92 Å². The number of Topliss-reactive ketones (excluding diaryl/α,β-unsaturated/α-hetero) is 2. The largest absolute Gasteiger partial charge is 0.352 e. The number of para-hydroxylation sites is 1. The number of carbonyl (C=O) groups excluding carboxylic acids is 3. The van der Waals surface area contributed by atoms with Crippen LogP contribution in [0.3, 0.4) is 0 Å². The molecule has 1 saturated heterocycles. The number of benzene rings is 2. The van der Waals surface area contributed by atoms with E-state index in [4.69, 9.17) is 11.6 Å². The molecule has 0 saturated carbocycles. The van der Waals surface area contributed by atoms with Crippen molar-refractivity contribution >= 4 is 57.9 Å². The van der Waals surface area contributed by atoms with Crippen molar-refractivity contribution in [1.82, 2.24) is 0 Å². The van der Waals surface area contributed by atoms with E-state index < -0.39 is 23.4 Å². The van der Waals surface area contributed by atoms with E-state index in [0.717, 1.165) is 16.8 Å². The maximum absolute atomic E-state index is 14.1. The number of fused-ring (bicyclic) bond motifs is 6. The van der Waals surface area contributed by atoms with Gasteiger partial charge in [0.15, 0.2) is 11.6 Å². The summed E-state index contributed by atoms with van der Waals surface area (Å²) in [6.45, 7) is 1.50. The monoisotopic (exact) mass is 474 g/mol. The molecule has 33 heavy (non-hydrogen) atoms. The topological polar surface area (TPSA) is 66.5 Å². The van der Waals surface area contributed by atoms with Crippen molar-refractivity contribution in [3.05, 3.63) is 87.1 Å². The number of carbonyl (C=O) groups is 3. The summed E-state index contributed by atoms with van der Waals surface area (Å²) in [7, 11) is 0. The zero-order valence-corrected chi connectivity index (χ0v) is 19.2. The predicted octanol–water partition coefficient (Wildman–Crippen LogP) is 4.96. The van der Waals surface area contributed by atoms with Crippen LogP contribution in [0.15, 0.2) is 66.1 Å². The summed E-state index contributed by atoms with van der Waals surface area (Å²) in [4.78, 5) is 43.7. The van der Waals surface area contributed by atoms with Crippen molar-refractivity contribution in [2.75, 3.05) is 10.2 Å². The molecule has 1 amide bonds. The van der Waals surface area contributed by atoms with Crippen molar-refractivity contribution in [2.24, 2.45) is 5.92 Å². The SMILES string of the molecule is CC(=O)[C@@H]1[C@H](C(=O)c2cccs2)[C@@]2(C(=O)Nc3ccccc32)[C@@H]2C=Cc3cc(Cl)ccc3N12. The first-order chi connectivity index (χ1) is 15.9. The number of halogens is 1. The molecule has 2 aromatic carbocycles. The number of ketones is 2. The number of hydrogen-bond acceptors (Lipinski definition) is 5. The average Bonchev–Trinajstić information content (AvgIpc) is 3.50. The number of rotatable bonds is 3. The minimum absolute atomic E-state index is 0.153. The van der Waals surface area contributed by atoms with E-state index in [1.165, 1.54) is 18.3 Å². The van der Waals surface area contributed by atoms with E-state index >= 15 is 0 Å². The maximum atomic E-state index is 14.1. The third-order valence-corrected chi connectivity index (χ3v) is 8.18. The molecule has 0 unspecified atom stereocenters. The van der Waals surface area contributed by atoms with Gasteiger partial charge in [-0.2, -0.15) is 0 Å². The lowest BCUT2D eigenvalue weighted by molar-refractivity contribution is -0.122. The maximum Gasteiger partial charge on any atom is 0.238 e. The van der Waals surface area contributed by atoms with Gasteiger partial charge in [0.2, 0.25) is 5.91 Å². The minimum Gasteiger partial charge on any atom is -0.352 e. The minimum atomic E-state index is -1.23. The van der Waals surface area contributed by atoms with Crippen molar-refractivity contribution in [2.45, 2.75) is 24.4 Å². The van der Waals surface area contributed by atoms with Crippen LogP contribution >= 0.6 is 22.9 Å². The number of anilines is 2. The Hall–Kier alpha value is -3.22. The summed E-state index contributed by atoms with van der Waals surface area (Å²) in [5.41, 5.74) is 1.86. The molecule has 1 aromatic heterocycles. The van der Waals surface area contributed by atoms with Crippen molar-refractivity contribution in [1.29, 1.82) is 0 Å². The fourth-order valence-corrected chi connectivity index (χ4v) is 6.76. The van der Waals surface area contributed by atoms with Gasteiger partial charge in [-0.1, -0.05) is 48.0 Å². The Morgan fingerprint density at radius 1 is 1.12 bits per heavy atom. The highest BCUT2D eigenvalue weighted by molar-refractivity contribution is 7.12. The second kappa shape index (κ2) is 7.14. The molecule has 0 aliphatic carbocycles. The van der Waals surface area contributed by atoms with Gasteiger partial charge in [-0.25, -0.2) is 0 Å². The Morgan fingerprint density at radius 3 is 2.70 bits per heavy atom. The van der Waals surface area contributed by atoms with Crippen molar-refractivity contribution < 1.29 is 14.4 Å². The molecule has 1 N–H and O–H groups in total. The van der Waals surface area contributed by atoms with E-state index in [0.29, 0.717) is 15.6 Å². The lowest BCUT2D eigenvalue weighted by Crippen LogP contribution is -2.51. The molecule has 3 aliphatic rings. The van der Waals surface area contributed by atoms with Crippen LogP contribution in [-0.4, -0.2) is 29.6 Å². The van der Waals surface area contributed by atoms with E-state index in [-0.39, 0.29) is 17.5 Å². The Labute approximate surface area is 199 Å².